The molecule has 9 heterocycles. The minimum atomic E-state index is -2.47. The van der Waals surface area contributed by atoms with Gasteiger partial charge in [0.1, 0.15) is 6.17 Å². The van der Waals surface area contributed by atoms with Crippen LogP contribution in [0.3, 0.4) is 0 Å². The second-order valence-corrected chi connectivity index (χ2v) is 44.1. The molecule has 660 valence electrons. The Balaban J connectivity index is 0.000000264. The van der Waals surface area contributed by atoms with E-state index in [1.54, 1.807) is 0 Å². The highest BCUT2D eigenvalue weighted by molar-refractivity contribution is 5.09. The van der Waals surface area contributed by atoms with Gasteiger partial charge in [-0.25, -0.2) is 13.2 Å². The summed E-state index contributed by atoms with van der Waals surface area (Å²) in [5.74, 6) is 7.20. The van der Waals surface area contributed by atoms with Gasteiger partial charge < -0.3 is 4.74 Å². The molecule has 10 nitrogen and oxygen atoms in total. The summed E-state index contributed by atoms with van der Waals surface area (Å²) in [4.78, 5) is 23.0. The Bertz CT molecular complexity index is 2230. The molecular formula is C98H196F3N9O. The lowest BCUT2D eigenvalue weighted by Crippen LogP contribution is -2.42. The molecule has 0 aromatic heterocycles. The van der Waals surface area contributed by atoms with E-state index in [1.165, 1.54) is 103 Å². The van der Waals surface area contributed by atoms with E-state index in [-0.39, 0.29) is 25.0 Å². The Hall–Kier alpha value is -0.610. The minimum Gasteiger partial charge on any atom is -0.377 e. The van der Waals surface area contributed by atoms with Crippen LogP contribution in [0, 0.1) is 76.4 Å². The summed E-state index contributed by atoms with van der Waals surface area (Å²) in [6.45, 7) is 95.4. The van der Waals surface area contributed by atoms with E-state index < -0.39 is 12.1 Å². The smallest absolute Gasteiger partial charge is 0.262 e. The zero-order valence-electron chi connectivity index (χ0n) is 81.3. The quantitative estimate of drug-likeness (QED) is 0.118. The summed E-state index contributed by atoms with van der Waals surface area (Å²) < 4.78 is 45.1. The molecule has 12 fully saturated rings. The van der Waals surface area contributed by atoms with Gasteiger partial charge in [-0.2, -0.15) is 0 Å². The van der Waals surface area contributed by atoms with Gasteiger partial charge in [0, 0.05) is 166 Å². The first-order chi connectivity index (χ1) is 51.4. The van der Waals surface area contributed by atoms with Gasteiger partial charge in [-0.1, -0.05) is 132 Å². The fraction of sp³-hybridized carbons (Fsp3) is 1.00. The maximum absolute atomic E-state index is 13.1. The highest BCUT2D eigenvalue weighted by Gasteiger charge is 2.55. The number of likely N-dealkylation sites (tertiary alicyclic amines) is 9. The monoisotopic (exact) mass is 1570 g/mol. The van der Waals surface area contributed by atoms with E-state index in [0.29, 0.717) is 48.7 Å². The first kappa shape index (κ1) is 103. The average molecular weight is 1570 g/mol. The second kappa shape index (κ2) is 46.4. The third kappa shape index (κ3) is 30.8. The number of hydrogen-bond donors (Lipinski definition) is 0. The number of rotatable bonds is 20. The second-order valence-electron chi connectivity index (χ2n) is 44.1. The van der Waals surface area contributed by atoms with Crippen molar-refractivity contribution < 1.29 is 17.9 Å². The predicted molar refractivity (Wildman–Crippen MR) is 480 cm³/mol. The highest BCUT2D eigenvalue weighted by Crippen LogP contribution is 2.56. The topological polar surface area (TPSA) is 38.4 Å². The Kier molecular flexibility index (Phi) is 43.0. The molecule has 12 rings (SSSR count). The summed E-state index contributed by atoms with van der Waals surface area (Å²) in [5.41, 5.74) is 0.777. The lowest BCUT2D eigenvalue weighted by Gasteiger charge is -2.34. The first-order valence-electron chi connectivity index (χ1n) is 47.9. The average Bonchev–Trinajstić information content (AvgIpc) is 1.60. The SMILES string of the molecule is CC(C)[C@@H]1CC(F)(F)CN1C(C)C.CC(C)[C@@H]1CC(F)CN1C(C)C.CC(C)[C@@H]1CC2(CC2)CN1C(C)C.CC(C)[C@@H]1CCCN1C(C)C.CC(C)[C@@H]1CC[C@H](C)N1C(C)C.CC(C)[C@@H]1C[C@@H]2C[C@@H]2N1C(C)C.CC(C)[C@@H]1C[C@H](C)CN1C(C)C.CC(C)[C@@H]1C[C@H]2C[C@H]2N1C(C)C.CCO[C@H]1C[C@@H](C(C)C)N(C(C)C)C1. The molecule has 3 aliphatic carbocycles. The fourth-order valence-electron chi connectivity index (χ4n) is 22.4. The van der Waals surface area contributed by atoms with Crippen LogP contribution in [0.2, 0.25) is 0 Å². The first-order valence-corrected chi connectivity index (χ1v) is 47.9. The lowest BCUT2D eigenvalue weighted by atomic mass is 9.96. The van der Waals surface area contributed by atoms with Crippen molar-refractivity contribution in [2.24, 2.45) is 76.4 Å². The fourth-order valence-corrected chi connectivity index (χ4v) is 22.4. The zero-order chi connectivity index (χ0) is 84.7. The molecule has 0 aromatic rings. The van der Waals surface area contributed by atoms with Crippen LogP contribution in [0.5, 0.6) is 0 Å². The third-order valence-electron chi connectivity index (χ3n) is 28.8. The minimum absolute atomic E-state index is 0.0306. The van der Waals surface area contributed by atoms with Gasteiger partial charge >= 0.3 is 0 Å². The van der Waals surface area contributed by atoms with Crippen molar-refractivity contribution in [2.45, 2.75) is 511 Å². The van der Waals surface area contributed by atoms with Crippen LogP contribution in [0.1, 0.15) is 366 Å². The van der Waals surface area contributed by atoms with Gasteiger partial charge in [0.2, 0.25) is 0 Å². The number of piperidine rings is 2. The largest absolute Gasteiger partial charge is 0.377 e. The van der Waals surface area contributed by atoms with Crippen LogP contribution in [-0.2, 0) is 4.74 Å². The molecular weight excluding hydrogens is 1380 g/mol. The highest BCUT2D eigenvalue weighted by atomic mass is 19.3. The van der Waals surface area contributed by atoms with E-state index >= 15 is 0 Å². The standard InChI is InChI=1S/C12H25NO.C12H23N.2C11H21N.2C11H23N.C10H19F2N.C10H20FN.C10H21N/c1-6-14-11-7-12(9(2)3)13(8-11)10(4)5;1-9(2)11-7-12(5-6-12)8-13(11)10(3)4;2*1-7(2)10-5-9-6-11(9)12(10)8(3)4;1-8(2)11-6-10(5)7-12(11)9(3)4;1-8(2)11-7-6-10(5)12(11)9(3)4;1-7(2)9-5-10(11,12)6-13(9)8(3)4;1-7(2)10-5-9(11)6-12(10)8(3)4;1-8(2)10-6-5-7-11(10)9(3)4/h9-12H,6-8H2,1-5H3;9-11H,5-8H2,1-4H3;2*7-11H,5-6H2,1-4H3;2*8-11H,6-7H2,1-5H3;7-9H,5-6H2,1-4H3;7-10H,5-6H2,1-4H3;8-10H,5-7H2,1-4H3/t11-,12-;11-;9-,10+,11+;9-,10-,11+;2*10-,11-;9-;9?,10-;10-/m001000000/s1. The summed E-state index contributed by atoms with van der Waals surface area (Å²) in [5, 5.41) is 0. The molecule has 0 amide bonds. The van der Waals surface area contributed by atoms with Gasteiger partial charge in [0.25, 0.3) is 5.92 Å². The molecule has 9 aliphatic heterocycles. The van der Waals surface area contributed by atoms with Gasteiger partial charge in [0.05, 0.1) is 12.6 Å². The number of ether oxygens (including phenoxy) is 1. The molecule has 12 aliphatic rings. The summed E-state index contributed by atoms with van der Waals surface area (Å²) >= 11 is 0. The van der Waals surface area contributed by atoms with E-state index in [2.05, 4.69) is 282 Å². The van der Waals surface area contributed by atoms with Gasteiger partial charge in [0.15, 0.2) is 0 Å². The Morgan fingerprint density at radius 3 is 1.01 bits per heavy atom. The van der Waals surface area contributed by atoms with Crippen LogP contribution < -0.4 is 0 Å². The van der Waals surface area contributed by atoms with Gasteiger partial charge in [-0.15, -0.1) is 0 Å². The lowest BCUT2D eigenvalue weighted by molar-refractivity contribution is 0.00914. The third-order valence-corrected chi connectivity index (χ3v) is 28.8. The molecule has 1 unspecified atom stereocenters. The molecule has 0 bridgehead atoms. The van der Waals surface area contributed by atoms with Crippen LogP contribution >= 0.6 is 0 Å². The predicted octanol–water partition coefficient (Wildman–Crippen LogP) is 23.9. The molecule has 0 aromatic carbocycles. The number of halogens is 3. The van der Waals surface area contributed by atoms with Gasteiger partial charge in [-0.05, 0) is 311 Å². The van der Waals surface area contributed by atoms with Crippen LogP contribution in [0.25, 0.3) is 0 Å². The van der Waals surface area contributed by atoms with Crippen molar-refractivity contribution in [2.75, 3.05) is 45.9 Å². The van der Waals surface area contributed by atoms with Crippen molar-refractivity contribution in [3.8, 4) is 0 Å². The molecule has 0 radical (unpaired) electrons. The number of fused-ring (bicyclic) bond motifs is 2. The van der Waals surface area contributed by atoms with E-state index in [4.69, 9.17) is 4.74 Å². The summed E-state index contributed by atoms with van der Waals surface area (Å²) in [7, 11) is 0. The number of nitrogens with zero attached hydrogens (tertiary/aromatic N) is 9. The molecule has 13 heteroatoms. The van der Waals surface area contributed by atoms with Crippen molar-refractivity contribution >= 4 is 0 Å². The van der Waals surface area contributed by atoms with E-state index in [0.717, 1.165) is 175 Å². The molecule has 3 saturated carbocycles. The van der Waals surface area contributed by atoms with Crippen molar-refractivity contribution in [3.05, 3.63) is 0 Å². The Labute approximate surface area is 692 Å². The summed E-state index contributed by atoms with van der Waals surface area (Å²) in [6, 6.07) is 14.9. The molecule has 0 N–H and O–H groups in total. The Morgan fingerprint density at radius 2 is 0.703 bits per heavy atom. The van der Waals surface area contributed by atoms with Crippen LogP contribution in [0.15, 0.2) is 0 Å². The number of alkyl halides is 3. The maximum Gasteiger partial charge on any atom is 0.262 e. The van der Waals surface area contributed by atoms with Crippen molar-refractivity contribution in [1.29, 1.82) is 0 Å². The molecule has 9 saturated heterocycles. The van der Waals surface area contributed by atoms with Crippen molar-refractivity contribution in [1.82, 2.24) is 44.1 Å². The normalized spacial score (nSPS) is 32.9. The van der Waals surface area contributed by atoms with E-state index in [9.17, 15) is 13.2 Å². The maximum atomic E-state index is 13.1. The molecule has 17 atom stereocenters. The summed E-state index contributed by atoms with van der Waals surface area (Å²) in [6.07, 6.45) is 19.2. The zero-order valence-corrected chi connectivity index (χ0v) is 81.3. The van der Waals surface area contributed by atoms with Crippen LogP contribution in [0.4, 0.5) is 13.2 Å². The van der Waals surface area contributed by atoms with Crippen molar-refractivity contribution in [3.63, 3.8) is 0 Å². The van der Waals surface area contributed by atoms with Gasteiger partial charge in [-0.3, -0.25) is 44.1 Å². The van der Waals surface area contributed by atoms with E-state index in [1.807, 2.05) is 32.6 Å². The Morgan fingerprint density at radius 1 is 0.333 bits per heavy atom. The molecule has 111 heavy (non-hydrogen) atoms. The van der Waals surface area contributed by atoms with Crippen LogP contribution in [-0.4, -0.2) is 235 Å². The number of hydrogen-bond acceptors (Lipinski definition) is 10. The molecule has 1 spiro atoms.